The maximum absolute atomic E-state index is 11.9. The molecule has 0 aromatic rings. The molecule has 1 rings (SSSR count). The van der Waals surface area contributed by atoms with Crippen molar-refractivity contribution in [3.8, 4) is 0 Å². The zero-order chi connectivity index (χ0) is 11.8. The Labute approximate surface area is 89.6 Å². The minimum atomic E-state index is -0.754. The minimum Gasteiger partial charge on any atom is -0.303 e. The molecule has 0 unspecified atom stereocenters. The van der Waals surface area contributed by atoms with E-state index >= 15 is 0 Å². The Morgan fingerprint density at radius 2 is 1.93 bits per heavy atom. The molecule has 1 heterocycles. The SMILES string of the molecule is CC(C)N1C(=O)C[C@H](C(C)(C)C=O)C1=O. The second kappa shape index (κ2) is 3.76. The molecule has 0 N–H and O–H groups in total. The Morgan fingerprint density at radius 1 is 1.40 bits per heavy atom. The molecule has 1 aliphatic rings. The van der Waals surface area contributed by atoms with E-state index in [1.807, 2.05) is 0 Å². The molecule has 0 aliphatic carbocycles. The van der Waals surface area contributed by atoms with Gasteiger partial charge in [-0.1, -0.05) is 13.8 Å². The van der Waals surface area contributed by atoms with Gasteiger partial charge in [0.25, 0.3) is 0 Å². The molecule has 1 atom stereocenters. The van der Waals surface area contributed by atoms with Crippen LogP contribution in [0.3, 0.4) is 0 Å². The van der Waals surface area contributed by atoms with Gasteiger partial charge in [0, 0.05) is 17.9 Å². The van der Waals surface area contributed by atoms with E-state index in [2.05, 4.69) is 0 Å². The molecule has 4 heteroatoms. The van der Waals surface area contributed by atoms with E-state index in [-0.39, 0.29) is 24.3 Å². The minimum absolute atomic E-state index is 0.127. The van der Waals surface area contributed by atoms with Gasteiger partial charge in [-0.25, -0.2) is 0 Å². The lowest BCUT2D eigenvalue weighted by atomic mass is 9.79. The van der Waals surface area contributed by atoms with Gasteiger partial charge in [-0.15, -0.1) is 0 Å². The van der Waals surface area contributed by atoms with Gasteiger partial charge in [-0.05, 0) is 13.8 Å². The monoisotopic (exact) mass is 211 g/mol. The summed E-state index contributed by atoms with van der Waals surface area (Å²) in [6.07, 6.45) is 0.912. The molecule has 1 saturated heterocycles. The van der Waals surface area contributed by atoms with Gasteiger partial charge in [-0.3, -0.25) is 14.5 Å². The first-order valence-corrected chi connectivity index (χ1v) is 5.13. The lowest BCUT2D eigenvalue weighted by Crippen LogP contribution is -2.39. The van der Waals surface area contributed by atoms with Crippen LogP contribution in [0.2, 0.25) is 0 Å². The Morgan fingerprint density at radius 3 is 2.27 bits per heavy atom. The summed E-state index contributed by atoms with van der Waals surface area (Å²) in [6, 6.07) is -0.127. The number of rotatable bonds is 3. The number of amides is 2. The fourth-order valence-corrected chi connectivity index (χ4v) is 1.86. The molecule has 0 saturated carbocycles. The summed E-state index contributed by atoms with van der Waals surface area (Å²) in [5.41, 5.74) is -0.754. The van der Waals surface area contributed by atoms with Crippen LogP contribution in [0.4, 0.5) is 0 Å². The summed E-state index contributed by atoms with van der Waals surface area (Å²) in [5, 5.41) is 0. The Balaban J connectivity index is 2.96. The van der Waals surface area contributed by atoms with Crippen LogP contribution in [0.1, 0.15) is 34.1 Å². The van der Waals surface area contributed by atoms with Crippen molar-refractivity contribution < 1.29 is 14.4 Å². The van der Waals surface area contributed by atoms with Crippen LogP contribution in [0.5, 0.6) is 0 Å². The van der Waals surface area contributed by atoms with Crippen molar-refractivity contribution in [2.45, 2.75) is 40.2 Å². The predicted molar refractivity (Wildman–Crippen MR) is 54.9 cm³/mol. The smallest absolute Gasteiger partial charge is 0.234 e. The van der Waals surface area contributed by atoms with Crippen molar-refractivity contribution in [1.29, 1.82) is 0 Å². The number of carbonyl (C=O) groups excluding carboxylic acids is 3. The first-order chi connectivity index (χ1) is 6.81. The van der Waals surface area contributed by atoms with Crippen LogP contribution < -0.4 is 0 Å². The average Bonchev–Trinajstić information content (AvgIpc) is 2.42. The maximum Gasteiger partial charge on any atom is 0.234 e. The molecule has 0 bridgehead atoms. The number of imide groups is 1. The second-order valence-electron chi connectivity index (χ2n) is 4.89. The molecule has 0 radical (unpaired) electrons. The van der Waals surface area contributed by atoms with Crippen LogP contribution in [0.25, 0.3) is 0 Å². The summed E-state index contributed by atoms with van der Waals surface area (Å²) in [7, 11) is 0. The van der Waals surface area contributed by atoms with Crippen LogP contribution in [-0.4, -0.2) is 29.0 Å². The summed E-state index contributed by atoms with van der Waals surface area (Å²) in [5.74, 6) is -0.882. The standard InChI is InChI=1S/C11H17NO3/c1-7(2)12-9(14)5-8(10(12)15)11(3,4)6-13/h6-8H,5H2,1-4H3/t8-/m0/s1. The highest BCUT2D eigenvalue weighted by Gasteiger charge is 2.47. The maximum atomic E-state index is 11.9. The van der Waals surface area contributed by atoms with Crippen LogP contribution in [0, 0.1) is 11.3 Å². The summed E-state index contributed by atoms with van der Waals surface area (Å²) >= 11 is 0. The van der Waals surface area contributed by atoms with Crippen molar-refractivity contribution in [3.05, 3.63) is 0 Å². The highest BCUT2D eigenvalue weighted by molar-refractivity contribution is 6.05. The Bertz CT molecular complexity index is 307. The molecule has 0 aromatic carbocycles. The topological polar surface area (TPSA) is 54.5 Å². The highest BCUT2D eigenvalue weighted by atomic mass is 16.2. The number of hydrogen-bond acceptors (Lipinski definition) is 3. The lowest BCUT2D eigenvalue weighted by Gasteiger charge is -2.24. The Hall–Kier alpha value is -1.19. The van der Waals surface area contributed by atoms with Gasteiger partial charge in [0.15, 0.2) is 0 Å². The number of nitrogens with zero attached hydrogens (tertiary/aromatic N) is 1. The van der Waals surface area contributed by atoms with Gasteiger partial charge in [-0.2, -0.15) is 0 Å². The number of carbonyl (C=O) groups is 3. The van der Waals surface area contributed by atoms with Crippen LogP contribution >= 0.6 is 0 Å². The molecule has 0 spiro atoms. The predicted octanol–water partition coefficient (Wildman–Crippen LogP) is 0.995. The molecule has 2 amide bonds. The average molecular weight is 211 g/mol. The zero-order valence-electron chi connectivity index (χ0n) is 9.61. The van der Waals surface area contributed by atoms with Crippen LogP contribution in [0.15, 0.2) is 0 Å². The third kappa shape index (κ3) is 1.94. The van der Waals surface area contributed by atoms with E-state index in [1.165, 1.54) is 4.90 Å². The molecular formula is C11H17NO3. The van der Waals surface area contributed by atoms with Gasteiger partial charge < -0.3 is 4.79 Å². The number of likely N-dealkylation sites (tertiary alicyclic amines) is 1. The third-order valence-electron chi connectivity index (χ3n) is 2.90. The molecule has 4 nitrogen and oxygen atoms in total. The van der Waals surface area contributed by atoms with Crippen molar-refractivity contribution in [2.75, 3.05) is 0 Å². The quantitative estimate of drug-likeness (QED) is 0.517. The van der Waals surface area contributed by atoms with E-state index in [4.69, 9.17) is 0 Å². The van der Waals surface area contributed by atoms with Crippen molar-refractivity contribution >= 4 is 18.1 Å². The largest absolute Gasteiger partial charge is 0.303 e. The lowest BCUT2D eigenvalue weighted by molar-refractivity contribution is -0.143. The normalized spacial score (nSPS) is 22.7. The van der Waals surface area contributed by atoms with Gasteiger partial charge in [0.1, 0.15) is 6.29 Å². The van der Waals surface area contributed by atoms with Crippen molar-refractivity contribution in [1.82, 2.24) is 4.90 Å². The van der Waals surface area contributed by atoms with E-state index in [1.54, 1.807) is 27.7 Å². The summed E-state index contributed by atoms with van der Waals surface area (Å²) < 4.78 is 0. The highest BCUT2D eigenvalue weighted by Crippen LogP contribution is 2.35. The first-order valence-electron chi connectivity index (χ1n) is 5.13. The second-order valence-corrected chi connectivity index (χ2v) is 4.89. The zero-order valence-corrected chi connectivity index (χ0v) is 9.61. The number of hydrogen-bond donors (Lipinski definition) is 0. The van der Waals surface area contributed by atoms with E-state index in [0.29, 0.717) is 0 Å². The summed E-state index contributed by atoms with van der Waals surface area (Å²) in [6.45, 7) is 6.98. The van der Waals surface area contributed by atoms with E-state index in [0.717, 1.165) is 6.29 Å². The molecule has 84 valence electrons. The van der Waals surface area contributed by atoms with Gasteiger partial charge in [0.2, 0.25) is 11.8 Å². The van der Waals surface area contributed by atoms with E-state index in [9.17, 15) is 14.4 Å². The molecule has 1 aliphatic heterocycles. The molecule has 1 fully saturated rings. The van der Waals surface area contributed by atoms with Crippen LogP contribution in [-0.2, 0) is 14.4 Å². The number of aldehydes is 1. The van der Waals surface area contributed by atoms with Gasteiger partial charge in [0.05, 0.1) is 5.92 Å². The van der Waals surface area contributed by atoms with E-state index < -0.39 is 11.3 Å². The van der Waals surface area contributed by atoms with Crippen molar-refractivity contribution in [2.24, 2.45) is 11.3 Å². The molecule has 0 aromatic heterocycles. The molecular weight excluding hydrogens is 194 g/mol. The fourth-order valence-electron chi connectivity index (χ4n) is 1.86. The van der Waals surface area contributed by atoms with Crippen molar-refractivity contribution in [3.63, 3.8) is 0 Å². The molecule has 15 heavy (non-hydrogen) atoms. The Kier molecular flexibility index (Phi) is 2.98. The summed E-state index contributed by atoms with van der Waals surface area (Å²) in [4.78, 5) is 35.6. The first kappa shape index (κ1) is 11.9. The van der Waals surface area contributed by atoms with Gasteiger partial charge >= 0.3 is 0 Å². The third-order valence-corrected chi connectivity index (χ3v) is 2.90. The fraction of sp³-hybridized carbons (Fsp3) is 0.727.